The van der Waals surface area contributed by atoms with Gasteiger partial charge in [0.25, 0.3) is 0 Å². The van der Waals surface area contributed by atoms with Gasteiger partial charge in [-0.25, -0.2) is 8.78 Å². The molecule has 2 nitrogen and oxygen atoms in total. The number of carbonyl (C=O) groups excluding carboxylic acids is 1. The maximum Gasteiger partial charge on any atom is 0.306 e. The first-order valence-corrected chi connectivity index (χ1v) is 6.38. The second-order valence-electron chi connectivity index (χ2n) is 4.76. The fourth-order valence-corrected chi connectivity index (χ4v) is 2.36. The van der Waals surface area contributed by atoms with Crippen LogP contribution in [-0.2, 0) is 9.53 Å². The first-order valence-electron chi connectivity index (χ1n) is 6.38. The Labute approximate surface area is 115 Å². The molecule has 0 radical (unpaired) electrons. The van der Waals surface area contributed by atoms with E-state index in [4.69, 9.17) is 4.74 Å². The summed E-state index contributed by atoms with van der Waals surface area (Å²) in [4.78, 5) is 11.1. The molecule has 4 heteroatoms. The third kappa shape index (κ3) is 2.41. The number of benzene rings is 2. The molecule has 0 N–H and O–H groups in total. The molecule has 2 aromatic rings. The molecule has 1 fully saturated rings. The average molecular weight is 274 g/mol. The van der Waals surface area contributed by atoms with Gasteiger partial charge in [0.05, 0.1) is 0 Å². The summed E-state index contributed by atoms with van der Waals surface area (Å²) in [6, 6.07) is 10.6. The van der Waals surface area contributed by atoms with Gasteiger partial charge in [0.1, 0.15) is 17.7 Å². The predicted octanol–water partition coefficient (Wildman–Crippen LogP) is 4.01. The molecule has 1 atom stereocenters. The maximum absolute atomic E-state index is 13.7. The van der Waals surface area contributed by atoms with Gasteiger partial charge in [-0.1, -0.05) is 24.3 Å². The topological polar surface area (TPSA) is 26.3 Å². The number of hydrogen-bond acceptors (Lipinski definition) is 2. The van der Waals surface area contributed by atoms with Gasteiger partial charge in [-0.05, 0) is 29.7 Å². The van der Waals surface area contributed by atoms with E-state index in [2.05, 4.69) is 0 Å². The second-order valence-corrected chi connectivity index (χ2v) is 4.76. The Hall–Kier alpha value is -2.23. The fourth-order valence-electron chi connectivity index (χ4n) is 2.36. The Morgan fingerprint density at radius 3 is 2.40 bits per heavy atom. The summed E-state index contributed by atoms with van der Waals surface area (Å²) in [7, 11) is 0. The normalized spacial score (nSPS) is 18.1. The molecule has 1 aliphatic rings. The van der Waals surface area contributed by atoms with Crippen molar-refractivity contribution in [3.05, 3.63) is 59.7 Å². The first-order chi connectivity index (χ1) is 9.63. The monoisotopic (exact) mass is 274 g/mol. The van der Waals surface area contributed by atoms with E-state index < -0.39 is 11.6 Å². The Kier molecular flexibility index (Phi) is 3.22. The van der Waals surface area contributed by atoms with Crippen LogP contribution in [0.4, 0.5) is 8.78 Å². The van der Waals surface area contributed by atoms with Crippen molar-refractivity contribution >= 4 is 5.97 Å². The van der Waals surface area contributed by atoms with Crippen molar-refractivity contribution in [1.29, 1.82) is 0 Å². The smallest absolute Gasteiger partial charge is 0.306 e. The molecule has 0 saturated carbocycles. The number of ether oxygens (including phenoxy) is 1. The SMILES string of the molecule is O=C1CC[C@H](c2ccc(-c3ccc(F)cc3F)cc2)O1. The highest BCUT2D eigenvalue weighted by Crippen LogP contribution is 2.31. The lowest BCUT2D eigenvalue weighted by atomic mass is 10.0. The Morgan fingerprint density at radius 2 is 1.80 bits per heavy atom. The summed E-state index contributed by atoms with van der Waals surface area (Å²) in [6.07, 6.45) is 0.886. The number of hydrogen-bond donors (Lipinski definition) is 0. The van der Waals surface area contributed by atoms with Gasteiger partial charge in [0, 0.05) is 18.1 Å². The Balaban J connectivity index is 1.87. The highest BCUT2D eigenvalue weighted by molar-refractivity contribution is 5.72. The summed E-state index contributed by atoms with van der Waals surface area (Å²) in [5.74, 6) is -1.38. The zero-order chi connectivity index (χ0) is 14.1. The third-order valence-corrected chi connectivity index (χ3v) is 3.41. The zero-order valence-electron chi connectivity index (χ0n) is 10.6. The van der Waals surface area contributed by atoms with Crippen LogP contribution in [0.25, 0.3) is 11.1 Å². The molecule has 0 bridgehead atoms. The highest BCUT2D eigenvalue weighted by Gasteiger charge is 2.24. The Bertz CT molecular complexity index is 650. The van der Waals surface area contributed by atoms with Crippen LogP contribution in [0.3, 0.4) is 0 Å². The zero-order valence-corrected chi connectivity index (χ0v) is 10.6. The van der Waals surface area contributed by atoms with Crippen molar-refractivity contribution in [2.24, 2.45) is 0 Å². The molecule has 0 unspecified atom stereocenters. The molecule has 0 aliphatic carbocycles. The van der Waals surface area contributed by atoms with Crippen LogP contribution in [0.15, 0.2) is 42.5 Å². The minimum atomic E-state index is -0.597. The van der Waals surface area contributed by atoms with Crippen molar-refractivity contribution in [2.45, 2.75) is 18.9 Å². The molecule has 1 saturated heterocycles. The molecule has 2 aromatic carbocycles. The van der Waals surface area contributed by atoms with E-state index in [0.29, 0.717) is 24.0 Å². The van der Waals surface area contributed by atoms with Gasteiger partial charge >= 0.3 is 5.97 Å². The van der Waals surface area contributed by atoms with E-state index in [0.717, 1.165) is 11.6 Å². The largest absolute Gasteiger partial charge is 0.457 e. The quantitative estimate of drug-likeness (QED) is 0.773. The number of cyclic esters (lactones) is 1. The number of esters is 1. The van der Waals surface area contributed by atoms with Crippen molar-refractivity contribution in [2.75, 3.05) is 0 Å². The minimum Gasteiger partial charge on any atom is -0.457 e. The summed E-state index contributed by atoms with van der Waals surface area (Å²) in [6.45, 7) is 0. The van der Waals surface area contributed by atoms with Crippen LogP contribution in [0, 0.1) is 11.6 Å². The van der Waals surface area contributed by atoms with Crippen LogP contribution >= 0.6 is 0 Å². The summed E-state index contributed by atoms with van der Waals surface area (Å²) in [5.41, 5.74) is 1.90. The lowest BCUT2D eigenvalue weighted by Gasteiger charge is -2.10. The van der Waals surface area contributed by atoms with Crippen LogP contribution in [-0.4, -0.2) is 5.97 Å². The molecule has 3 rings (SSSR count). The lowest BCUT2D eigenvalue weighted by Crippen LogP contribution is -1.98. The van der Waals surface area contributed by atoms with E-state index in [1.54, 1.807) is 24.3 Å². The van der Waals surface area contributed by atoms with E-state index in [-0.39, 0.29) is 12.1 Å². The minimum absolute atomic E-state index is 0.191. The molecule has 102 valence electrons. The van der Waals surface area contributed by atoms with Crippen LogP contribution in [0.5, 0.6) is 0 Å². The predicted molar refractivity (Wildman–Crippen MR) is 69.9 cm³/mol. The fraction of sp³-hybridized carbons (Fsp3) is 0.188. The molecular weight excluding hydrogens is 262 g/mol. The van der Waals surface area contributed by atoms with Crippen LogP contribution < -0.4 is 0 Å². The van der Waals surface area contributed by atoms with E-state index in [1.165, 1.54) is 12.1 Å². The van der Waals surface area contributed by atoms with Crippen LogP contribution in [0.1, 0.15) is 24.5 Å². The van der Waals surface area contributed by atoms with Crippen molar-refractivity contribution < 1.29 is 18.3 Å². The van der Waals surface area contributed by atoms with Crippen molar-refractivity contribution in [3.8, 4) is 11.1 Å². The Morgan fingerprint density at radius 1 is 1.05 bits per heavy atom. The average Bonchev–Trinajstić information content (AvgIpc) is 2.86. The van der Waals surface area contributed by atoms with Crippen molar-refractivity contribution in [3.63, 3.8) is 0 Å². The van der Waals surface area contributed by atoms with Crippen LogP contribution in [0.2, 0.25) is 0 Å². The summed E-state index contributed by atoms with van der Waals surface area (Å²) >= 11 is 0. The number of rotatable bonds is 2. The molecule has 1 heterocycles. The van der Waals surface area contributed by atoms with Gasteiger partial charge < -0.3 is 4.74 Å². The molecule has 0 spiro atoms. The standard InChI is InChI=1S/C16H12F2O2/c17-12-5-6-13(14(18)9-12)10-1-3-11(4-2-10)15-7-8-16(19)20-15/h1-6,9,15H,7-8H2/t15-/m1/s1. The highest BCUT2D eigenvalue weighted by atomic mass is 19.1. The van der Waals surface area contributed by atoms with Gasteiger partial charge in [-0.2, -0.15) is 0 Å². The van der Waals surface area contributed by atoms with Crippen molar-refractivity contribution in [1.82, 2.24) is 0 Å². The van der Waals surface area contributed by atoms with E-state index >= 15 is 0 Å². The van der Waals surface area contributed by atoms with Gasteiger partial charge in [-0.3, -0.25) is 4.79 Å². The number of halogens is 2. The summed E-state index contributed by atoms with van der Waals surface area (Å²) in [5, 5.41) is 0. The molecule has 20 heavy (non-hydrogen) atoms. The first kappa shape index (κ1) is 12.8. The maximum atomic E-state index is 13.7. The second kappa shape index (κ2) is 5.04. The molecule has 0 amide bonds. The third-order valence-electron chi connectivity index (χ3n) is 3.41. The molecule has 1 aliphatic heterocycles. The molecule has 0 aromatic heterocycles. The molecular formula is C16H12F2O2. The van der Waals surface area contributed by atoms with Gasteiger partial charge in [0.15, 0.2) is 0 Å². The number of carbonyl (C=O) groups is 1. The van der Waals surface area contributed by atoms with E-state index in [1.807, 2.05) is 0 Å². The summed E-state index contributed by atoms with van der Waals surface area (Å²) < 4.78 is 31.7. The van der Waals surface area contributed by atoms with Gasteiger partial charge in [-0.15, -0.1) is 0 Å². The van der Waals surface area contributed by atoms with E-state index in [9.17, 15) is 13.6 Å². The lowest BCUT2D eigenvalue weighted by molar-refractivity contribution is -0.141. The van der Waals surface area contributed by atoms with Gasteiger partial charge in [0.2, 0.25) is 0 Å².